The summed E-state index contributed by atoms with van der Waals surface area (Å²) in [5.41, 5.74) is 0. The predicted molar refractivity (Wildman–Crippen MR) is 96.9 cm³/mol. The first kappa shape index (κ1) is 16.8. The lowest BCUT2D eigenvalue weighted by molar-refractivity contribution is -0.134. The highest BCUT2D eigenvalue weighted by Gasteiger charge is 2.17. The predicted octanol–water partition coefficient (Wildman–Crippen LogP) is 4.71. The number of rotatable bonds is 7. The van der Waals surface area contributed by atoms with Crippen LogP contribution in [0.1, 0.15) is 10.6 Å². The molecule has 4 nitrogen and oxygen atoms in total. The van der Waals surface area contributed by atoms with Crippen molar-refractivity contribution < 1.29 is 13.9 Å². The number of carbonyl (C=O) groups excluding carboxylic acids is 1. The molecule has 0 N–H and O–H groups in total. The van der Waals surface area contributed by atoms with E-state index in [9.17, 15) is 4.79 Å². The average Bonchev–Trinajstić information content (AvgIpc) is 3.27. The molecular weight excluding hydrogens is 390 g/mol. The molecule has 3 aromatic rings. The van der Waals surface area contributed by atoms with Crippen LogP contribution in [0.5, 0.6) is 5.75 Å². The normalized spacial score (nSPS) is 10.5. The van der Waals surface area contributed by atoms with Gasteiger partial charge in [-0.05, 0) is 51.6 Å². The molecule has 0 bridgehead atoms. The van der Waals surface area contributed by atoms with Gasteiger partial charge < -0.3 is 14.1 Å². The molecule has 3 rings (SSSR count). The minimum Gasteiger partial charge on any atom is -0.483 e. The lowest BCUT2D eigenvalue weighted by Crippen LogP contribution is -2.33. The molecule has 1 aromatic carbocycles. The fourth-order valence-corrected chi connectivity index (χ4v) is 3.32. The zero-order valence-corrected chi connectivity index (χ0v) is 15.3. The molecule has 1 amide bonds. The zero-order valence-electron chi connectivity index (χ0n) is 12.9. The third kappa shape index (κ3) is 4.49. The van der Waals surface area contributed by atoms with E-state index >= 15 is 0 Å². The third-order valence-corrected chi connectivity index (χ3v) is 4.91. The Morgan fingerprint density at radius 2 is 2.00 bits per heavy atom. The van der Waals surface area contributed by atoms with Crippen LogP contribution in [-0.4, -0.2) is 17.4 Å². The molecule has 0 saturated carbocycles. The number of carbonyl (C=O) groups is 1. The maximum atomic E-state index is 12.6. The van der Waals surface area contributed by atoms with Gasteiger partial charge in [-0.3, -0.25) is 4.79 Å². The lowest BCUT2D eigenvalue weighted by Gasteiger charge is -2.21. The van der Waals surface area contributed by atoms with Crippen molar-refractivity contribution in [1.29, 1.82) is 0 Å². The van der Waals surface area contributed by atoms with E-state index in [4.69, 9.17) is 9.15 Å². The highest BCUT2D eigenvalue weighted by Crippen LogP contribution is 2.24. The number of furan rings is 1. The molecule has 0 fully saturated rings. The summed E-state index contributed by atoms with van der Waals surface area (Å²) in [5.74, 6) is 1.32. The van der Waals surface area contributed by atoms with Gasteiger partial charge in [0.1, 0.15) is 11.5 Å². The number of nitrogens with zero attached hydrogens (tertiary/aromatic N) is 1. The number of amides is 1. The van der Waals surface area contributed by atoms with Crippen molar-refractivity contribution in [2.75, 3.05) is 6.61 Å². The van der Waals surface area contributed by atoms with E-state index in [-0.39, 0.29) is 12.5 Å². The van der Waals surface area contributed by atoms with E-state index in [1.807, 2.05) is 53.9 Å². The maximum absolute atomic E-state index is 12.6. The van der Waals surface area contributed by atoms with E-state index in [1.165, 1.54) is 0 Å². The summed E-state index contributed by atoms with van der Waals surface area (Å²) >= 11 is 5.04. The monoisotopic (exact) mass is 405 g/mol. The van der Waals surface area contributed by atoms with Gasteiger partial charge in [0.15, 0.2) is 6.61 Å². The average molecular weight is 406 g/mol. The minimum atomic E-state index is -0.0875. The smallest absolute Gasteiger partial charge is 0.261 e. The number of hydrogen-bond donors (Lipinski definition) is 0. The van der Waals surface area contributed by atoms with Crippen LogP contribution in [-0.2, 0) is 17.9 Å². The van der Waals surface area contributed by atoms with E-state index in [0.29, 0.717) is 18.8 Å². The minimum absolute atomic E-state index is 0.0191. The van der Waals surface area contributed by atoms with Crippen LogP contribution in [0, 0.1) is 0 Å². The number of halogens is 1. The highest BCUT2D eigenvalue weighted by atomic mass is 79.9. The van der Waals surface area contributed by atoms with E-state index in [1.54, 1.807) is 22.5 Å². The van der Waals surface area contributed by atoms with Gasteiger partial charge in [0.2, 0.25) is 0 Å². The van der Waals surface area contributed by atoms with Gasteiger partial charge in [-0.15, -0.1) is 11.3 Å². The molecule has 6 heteroatoms. The Morgan fingerprint density at radius 3 is 2.71 bits per heavy atom. The summed E-state index contributed by atoms with van der Waals surface area (Å²) in [5, 5.41) is 2.00. The van der Waals surface area contributed by atoms with Gasteiger partial charge in [-0.2, -0.15) is 0 Å². The summed E-state index contributed by atoms with van der Waals surface area (Å²) in [6.45, 7) is 0.939. The van der Waals surface area contributed by atoms with Crippen molar-refractivity contribution in [3.63, 3.8) is 0 Å². The van der Waals surface area contributed by atoms with Crippen molar-refractivity contribution in [2.24, 2.45) is 0 Å². The van der Waals surface area contributed by atoms with Gasteiger partial charge >= 0.3 is 0 Å². The van der Waals surface area contributed by atoms with Gasteiger partial charge in [-0.1, -0.05) is 18.2 Å². The van der Waals surface area contributed by atoms with Crippen molar-refractivity contribution in [3.05, 3.63) is 75.3 Å². The second-order valence-corrected chi connectivity index (χ2v) is 7.01. The first-order chi connectivity index (χ1) is 11.7. The van der Waals surface area contributed by atoms with Crippen LogP contribution in [0.3, 0.4) is 0 Å². The van der Waals surface area contributed by atoms with Crippen LogP contribution >= 0.6 is 27.3 Å². The molecule has 2 aromatic heterocycles. The Morgan fingerprint density at radius 1 is 1.12 bits per heavy atom. The molecule has 24 heavy (non-hydrogen) atoms. The topological polar surface area (TPSA) is 42.7 Å². The molecular formula is C18H16BrNO3S. The Bertz CT molecular complexity index is 735. The van der Waals surface area contributed by atoms with Crippen molar-refractivity contribution >= 4 is 33.2 Å². The largest absolute Gasteiger partial charge is 0.483 e. The number of ether oxygens (including phenoxy) is 1. The molecule has 0 unspecified atom stereocenters. The van der Waals surface area contributed by atoms with Crippen LogP contribution < -0.4 is 4.74 Å². The van der Waals surface area contributed by atoms with E-state index in [0.717, 1.165) is 15.1 Å². The van der Waals surface area contributed by atoms with Crippen LogP contribution in [0.15, 0.2) is 69.1 Å². The zero-order chi connectivity index (χ0) is 16.8. The molecule has 0 aliphatic heterocycles. The highest BCUT2D eigenvalue weighted by molar-refractivity contribution is 9.10. The van der Waals surface area contributed by atoms with Crippen LogP contribution in [0.4, 0.5) is 0 Å². The standard InChI is InChI=1S/C18H16BrNO3S/c19-16-7-1-2-8-17(16)23-13-18(21)20(11-14-5-3-9-22-14)12-15-6-4-10-24-15/h1-10H,11-13H2. The summed E-state index contributed by atoms with van der Waals surface area (Å²) in [7, 11) is 0. The molecule has 0 radical (unpaired) electrons. The summed E-state index contributed by atoms with van der Waals surface area (Å²) < 4.78 is 11.9. The maximum Gasteiger partial charge on any atom is 0.261 e. The fraction of sp³-hybridized carbons (Fsp3) is 0.167. The summed E-state index contributed by atoms with van der Waals surface area (Å²) in [6, 6.07) is 15.2. The number of benzene rings is 1. The van der Waals surface area contributed by atoms with Crippen LogP contribution in [0.2, 0.25) is 0 Å². The van der Waals surface area contributed by atoms with E-state index < -0.39 is 0 Å². The second kappa shape index (κ2) is 8.17. The van der Waals surface area contributed by atoms with Crippen molar-refractivity contribution in [3.8, 4) is 5.75 Å². The molecule has 2 heterocycles. The van der Waals surface area contributed by atoms with Gasteiger partial charge in [0.25, 0.3) is 5.91 Å². The van der Waals surface area contributed by atoms with E-state index in [2.05, 4.69) is 15.9 Å². The lowest BCUT2D eigenvalue weighted by atomic mass is 10.3. The number of hydrogen-bond acceptors (Lipinski definition) is 4. The second-order valence-electron chi connectivity index (χ2n) is 5.13. The molecule has 0 atom stereocenters. The molecule has 0 saturated heterocycles. The Kier molecular flexibility index (Phi) is 5.72. The third-order valence-electron chi connectivity index (χ3n) is 3.39. The van der Waals surface area contributed by atoms with Gasteiger partial charge in [-0.25, -0.2) is 0 Å². The van der Waals surface area contributed by atoms with Crippen molar-refractivity contribution in [2.45, 2.75) is 13.1 Å². The summed E-state index contributed by atoms with van der Waals surface area (Å²) in [6.07, 6.45) is 1.61. The molecule has 0 aliphatic rings. The number of thiophene rings is 1. The SMILES string of the molecule is O=C(COc1ccccc1Br)N(Cc1ccco1)Cc1cccs1. The summed E-state index contributed by atoms with van der Waals surface area (Å²) in [4.78, 5) is 15.5. The quantitative estimate of drug-likeness (QED) is 0.571. The Hall–Kier alpha value is -2.05. The number of para-hydroxylation sites is 1. The van der Waals surface area contributed by atoms with Crippen molar-refractivity contribution in [1.82, 2.24) is 4.90 Å². The first-order valence-corrected chi connectivity index (χ1v) is 9.09. The molecule has 0 spiro atoms. The molecule has 124 valence electrons. The fourth-order valence-electron chi connectivity index (χ4n) is 2.21. The first-order valence-electron chi connectivity index (χ1n) is 7.42. The van der Waals surface area contributed by atoms with Crippen LogP contribution in [0.25, 0.3) is 0 Å². The Balaban J connectivity index is 1.67. The van der Waals surface area contributed by atoms with Gasteiger partial charge in [0.05, 0.1) is 23.8 Å². The molecule has 0 aliphatic carbocycles. The Labute approximate surface area is 152 Å². The van der Waals surface area contributed by atoms with Gasteiger partial charge in [0, 0.05) is 4.88 Å².